The van der Waals surface area contributed by atoms with Crippen LogP contribution in [0.1, 0.15) is 6.42 Å². The number of hydrogen-bond donors (Lipinski definition) is 0. The standard InChI is InChI=1S/C16H21N2O2.BrH/c1-4-8-18(2,3)9-7-17-15(19)13-11-5-6-12(10-11)14(13)16(17)20;/h1,5-6,11-14H,7-10H2,2-3H3;1H/q+1;/p-1. The van der Waals surface area contributed by atoms with E-state index in [0.29, 0.717) is 36.0 Å². The lowest BCUT2D eigenvalue weighted by atomic mass is 9.85. The summed E-state index contributed by atoms with van der Waals surface area (Å²) in [5.41, 5.74) is 0. The molecule has 1 aliphatic heterocycles. The minimum absolute atomic E-state index is 0. The van der Waals surface area contributed by atoms with E-state index >= 15 is 0 Å². The SMILES string of the molecule is C#CC[N+](C)(C)CCN1C(=O)C2C3C=CC(C3)C2C1=O.[Br-]. The number of nitrogens with zero attached hydrogens (tertiary/aromatic N) is 2. The van der Waals surface area contributed by atoms with Gasteiger partial charge in [-0.3, -0.25) is 14.5 Å². The van der Waals surface area contributed by atoms with Gasteiger partial charge in [-0.1, -0.05) is 12.2 Å². The maximum absolute atomic E-state index is 12.5. The van der Waals surface area contributed by atoms with Gasteiger partial charge in [-0.05, 0) is 24.2 Å². The third kappa shape index (κ3) is 2.56. The molecule has 4 atom stereocenters. The third-order valence-corrected chi connectivity index (χ3v) is 5.01. The number of amides is 2. The number of terminal acetylenes is 1. The van der Waals surface area contributed by atoms with E-state index in [0.717, 1.165) is 6.42 Å². The highest BCUT2D eigenvalue weighted by Gasteiger charge is 2.59. The highest BCUT2D eigenvalue weighted by atomic mass is 79.9. The van der Waals surface area contributed by atoms with E-state index in [1.54, 1.807) is 0 Å². The molecule has 4 nitrogen and oxygen atoms in total. The van der Waals surface area contributed by atoms with Crippen molar-refractivity contribution < 1.29 is 31.1 Å². The molecule has 3 aliphatic rings. The van der Waals surface area contributed by atoms with E-state index in [4.69, 9.17) is 6.42 Å². The zero-order chi connectivity index (χ0) is 14.5. The summed E-state index contributed by atoms with van der Waals surface area (Å²) in [7, 11) is 4.05. The molecule has 4 unspecified atom stereocenters. The maximum Gasteiger partial charge on any atom is 0.233 e. The molecule has 2 bridgehead atoms. The summed E-state index contributed by atoms with van der Waals surface area (Å²) < 4.78 is 0.633. The Balaban J connectivity index is 0.00000161. The molecule has 2 fully saturated rings. The Kier molecular flexibility index (Phi) is 4.32. The number of quaternary nitrogens is 1. The van der Waals surface area contributed by atoms with Crippen molar-refractivity contribution in [2.75, 3.05) is 33.7 Å². The topological polar surface area (TPSA) is 37.4 Å². The Morgan fingerprint density at radius 2 is 1.76 bits per heavy atom. The summed E-state index contributed by atoms with van der Waals surface area (Å²) in [6.07, 6.45) is 10.6. The van der Waals surface area contributed by atoms with Gasteiger partial charge >= 0.3 is 0 Å². The molecule has 0 aromatic heterocycles. The fourth-order valence-electron chi connectivity index (χ4n) is 3.88. The average Bonchev–Trinajstić information content (AvgIpc) is 3.03. The first kappa shape index (κ1) is 16.3. The van der Waals surface area contributed by atoms with Gasteiger partial charge in [0.05, 0.1) is 39.0 Å². The van der Waals surface area contributed by atoms with E-state index in [9.17, 15) is 9.59 Å². The number of carbonyl (C=O) groups excluding carboxylic acids is 2. The van der Waals surface area contributed by atoms with Gasteiger partial charge in [-0.2, -0.15) is 0 Å². The van der Waals surface area contributed by atoms with Gasteiger partial charge in [0.15, 0.2) is 0 Å². The van der Waals surface area contributed by atoms with Crippen LogP contribution < -0.4 is 17.0 Å². The number of rotatable bonds is 4. The maximum atomic E-state index is 12.5. The second-order valence-corrected chi connectivity index (χ2v) is 6.85. The smallest absolute Gasteiger partial charge is 0.233 e. The number of fused-ring (bicyclic) bond motifs is 5. The van der Waals surface area contributed by atoms with Crippen molar-refractivity contribution in [2.45, 2.75) is 6.42 Å². The van der Waals surface area contributed by atoms with Crippen molar-refractivity contribution >= 4 is 11.8 Å². The van der Waals surface area contributed by atoms with Crippen molar-refractivity contribution in [3.8, 4) is 12.3 Å². The average molecular weight is 353 g/mol. The van der Waals surface area contributed by atoms with Crippen molar-refractivity contribution in [1.29, 1.82) is 0 Å². The Morgan fingerprint density at radius 1 is 1.24 bits per heavy atom. The fourth-order valence-corrected chi connectivity index (χ4v) is 3.88. The van der Waals surface area contributed by atoms with Crippen LogP contribution in [0.15, 0.2) is 12.2 Å². The molecular weight excluding hydrogens is 332 g/mol. The Bertz CT molecular complexity index is 505. The lowest BCUT2D eigenvalue weighted by Crippen LogP contribution is -3.00. The van der Waals surface area contributed by atoms with Crippen molar-refractivity contribution in [3.63, 3.8) is 0 Å². The Labute approximate surface area is 136 Å². The number of likely N-dealkylation sites (N-methyl/N-ethyl adjacent to an activating group) is 1. The van der Waals surface area contributed by atoms with Gasteiger partial charge < -0.3 is 21.5 Å². The molecule has 5 heteroatoms. The zero-order valence-corrected chi connectivity index (χ0v) is 14.0. The third-order valence-electron chi connectivity index (χ3n) is 5.01. The summed E-state index contributed by atoms with van der Waals surface area (Å²) in [6.45, 7) is 1.80. The van der Waals surface area contributed by atoms with Crippen LogP contribution in [0.5, 0.6) is 0 Å². The fraction of sp³-hybridized carbons (Fsp3) is 0.625. The summed E-state index contributed by atoms with van der Waals surface area (Å²) in [6, 6.07) is 0. The number of carbonyl (C=O) groups is 2. The highest BCUT2D eigenvalue weighted by molar-refractivity contribution is 6.06. The molecule has 2 amide bonds. The number of imide groups is 1. The molecule has 2 aliphatic carbocycles. The van der Waals surface area contributed by atoms with Gasteiger partial charge in [0, 0.05) is 0 Å². The van der Waals surface area contributed by atoms with Gasteiger partial charge in [0.25, 0.3) is 0 Å². The molecule has 0 radical (unpaired) electrons. The van der Waals surface area contributed by atoms with Crippen molar-refractivity contribution in [1.82, 2.24) is 4.90 Å². The molecule has 0 N–H and O–H groups in total. The van der Waals surface area contributed by atoms with Gasteiger partial charge in [0.1, 0.15) is 6.54 Å². The van der Waals surface area contributed by atoms with E-state index in [1.165, 1.54) is 4.90 Å². The lowest BCUT2D eigenvalue weighted by molar-refractivity contribution is -0.882. The Hall–Kier alpha value is -1.12. The first-order chi connectivity index (χ1) is 9.44. The first-order valence-electron chi connectivity index (χ1n) is 7.23. The predicted molar refractivity (Wildman–Crippen MR) is 75.1 cm³/mol. The molecule has 1 saturated heterocycles. The first-order valence-corrected chi connectivity index (χ1v) is 7.23. The second kappa shape index (κ2) is 5.58. The Morgan fingerprint density at radius 3 is 2.24 bits per heavy atom. The largest absolute Gasteiger partial charge is 1.00 e. The molecule has 1 heterocycles. The molecule has 0 aromatic rings. The number of hydrogen-bond acceptors (Lipinski definition) is 2. The number of allylic oxidation sites excluding steroid dienone is 2. The van der Waals surface area contributed by atoms with Crippen LogP contribution in [0.25, 0.3) is 0 Å². The van der Waals surface area contributed by atoms with Crippen LogP contribution in [0.3, 0.4) is 0 Å². The summed E-state index contributed by atoms with van der Waals surface area (Å²) in [4.78, 5) is 26.5. The molecule has 1 saturated carbocycles. The van der Waals surface area contributed by atoms with E-state index in [1.807, 2.05) is 14.1 Å². The molecule has 0 aromatic carbocycles. The molecule has 0 spiro atoms. The number of likely N-dealkylation sites (tertiary alicyclic amines) is 1. The van der Waals surface area contributed by atoms with Crippen LogP contribution in [-0.2, 0) is 9.59 Å². The van der Waals surface area contributed by atoms with Crippen molar-refractivity contribution in [3.05, 3.63) is 12.2 Å². The summed E-state index contributed by atoms with van der Waals surface area (Å²) in [5, 5.41) is 0. The summed E-state index contributed by atoms with van der Waals surface area (Å²) in [5.74, 6) is 3.14. The van der Waals surface area contributed by atoms with Crippen LogP contribution in [0.2, 0.25) is 0 Å². The zero-order valence-electron chi connectivity index (χ0n) is 12.5. The molecular formula is C16H21BrN2O2. The normalized spacial score (nSPS) is 33.1. The van der Waals surface area contributed by atoms with Crippen molar-refractivity contribution in [2.24, 2.45) is 23.7 Å². The second-order valence-electron chi connectivity index (χ2n) is 6.85. The van der Waals surface area contributed by atoms with E-state index in [-0.39, 0.29) is 40.6 Å². The minimum Gasteiger partial charge on any atom is -1.00 e. The quantitative estimate of drug-likeness (QED) is 0.243. The van der Waals surface area contributed by atoms with Gasteiger partial charge in [0.2, 0.25) is 11.8 Å². The van der Waals surface area contributed by atoms with Gasteiger partial charge in [-0.15, -0.1) is 6.42 Å². The predicted octanol–water partition coefficient (Wildman–Crippen LogP) is -2.49. The molecule has 21 heavy (non-hydrogen) atoms. The van der Waals surface area contributed by atoms with Crippen LogP contribution in [-0.4, -0.2) is 54.9 Å². The van der Waals surface area contributed by atoms with E-state index in [2.05, 4.69) is 18.1 Å². The monoisotopic (exact) mass is 352 g/mol. The van der Waals surface area contributed by atoms with E-state index < -0.39 is 0 Å². The highest BCUT2D eigenvalue weighted by Crippen LogP contribution is 2.52. The van der Waals surface area contributed by atoms with Crippen LogP contribution in [0.4, 0.5) is 0 Å². The van der Waals surface area contributed by atoms with Gasteiger partial charge in [-0.25, -0.2) is 0 Å². The number of halogens is 1. The minimum atomic E-state index is -0.0826. The van der Waals surface area contributed by atoms with Crippen LogP contribution >= 0.6 is 0 Å². The summed E-state index contributed by atoms with van der Waals surface area (Å²) >= 11 is 0. The lowest BCUT2D eigenvalue weighted by Gasteiger charge is -2.29. The molecule has 3 rings (SSSR count). The van der Waals surface area contributed by atoms with Crippen LogP contribution in [0, 0.1) is 36.0 Å². The molecule has 114 valence electrons.